The van der Waals surface area contributed by atoms with Crippen LogP contribution in [-0.4, -0.2) is 35.1 Å². The van der Waals surface area contributed by atoms with E-state index in [2.05, 4.69) is 68.5 Å². The summed E-state index contributed by atoms with van der Waals surface area (Å²) in [6.07, 6.45) is 9.31. The minimum Gasteiger partial charge on any atom is -0.322 e. The topological polar surface area (TPSA) is 92.6 Å². The molecule has 0 aliphatic heterocycles. The molecule has 2 aromatic carbocycles. The fraction of sp³-hybridized carbons (Fsp3) is 0.344. The first kappa shape index (κ1) is 26.1. The van der Waals surface area contributed by atoms with Crippen molar-refractivity contribution in [1.82, 2.24) is 35.1 Å². The van der Waals surface area contributed by atoms with Crippen LogP contribution in [0, 0.1) is 13.8 Å². The third-order valence-electron chi connectivity index (χ3n) is 8.17. The number of rotatable bonds is 8. The van der Waals surface area contributed by atoms with Crippen LogP contribution in [-0.2, 0) is 13.1 Å². The second-order valence-corrected chi connectivity index (χ2v) is 11.0. The average Bonchev–Trinajstić information content (AvgIpc) is 3.46. The van der Waals surface area contributed by atoms with Crippen LogP contribution >= 0.6 is 0 Å². The van der Waals surface area contributed by atoms with Crippen molar-refractivity contribution in [1.29, 1.82) is 0 Å². The lowest BCUT2D eigenvalue weighted by Gasteiger charge is -2.32. The number of nitrogens with one attached hydrogen (secondary N) is 1. The van der Waals surface area contributed by atoms with Crippen LogP contribution in [0.15, 0.2) is 77.9 Å². The first-order valence-electron chi connectivity index (χ1n) is 14.2. The molecule has 1 fully saturated rings. The standard InChI is InChI=1S/C32H35N7O/c1-22-16-26-18-28(32(40)34-29(26)17-23(22)2)30(31-35-36-37-39(31)27-13-7-4-8-14-27)38(20-24-10-5-3-6-11-24)21-25-12-9-15-33-19-25/h3,5-6,9-12,15-19,27,30H,4,7-8,13-14,20-21H2,1-2H3,(H,34,40)/t30-/m1/s1. The minimum atomic E-state index is -0.466. The van der Waals surface area contributed by atoms with Crippen molar-refractivity contribution in [2.24, 2.45) is 0 Å². The third kappa shape index (κ3) is 5.45. The van der Waals surface area contributed by atoms with Gasteiger partial charge in [0.2, 0.25) is 0 Å². The van der Waals surface area contributed by atoms with Crippen molar-refractivity contribution < 1.29 is 0 Å². The van der Waals surface area contributed by atoms with Crippen molar-refractivity contribution in [3.05, 3.63) is 117 Å². The molecule has 1 saturated carbocycles. The van der Waals surface area contributed by atoms with E-state index in [1.54, 1.807) is 6.20 Å². The number of aromatic nitrogens is 6. The highest BCUT2D eigenvalue weighted by molar-refractivity contribution is 5.81. The van der Waals surface area contributed by atoms with E-state index in [-0.39, 0.29) is 11.6 Å². The van der Waals surface area contributed by atoms with E-state index >= 15 is 0 Å². The molecule has 204 valence electrons. The average molecular weight is 534 g/mol. The van der Waals surface area contributed by atoms with Crippen LogP contribution in [0.4, 0.5) is 0 Å². The number of hydrogen-bond acceptors (Lipinski definition) is 6. The Hall–Kier alpha value is -4.17. The Morgan fingerprint density at radius 3 is 2.48 bits per heavy atom. The smallest absolute Gasteiger partial charge is 0.253 e. The normalized spacial score (nSPS) is 15.1. The second kappa shape index (κ2) is 11.5. The summed E-state index contributed by atoms with van der Waals surface area (Å²) in [5.41, 5.74) is 5.90. The fourth-order valence-electron chi connectivity index (χ4n) is 5.94. The van der Waals surface area contributed by atoms with Gasteiger partial charge >= 0.3 is 0 Å². The molecule has 0 unspecified atom stereocenters. The molecule has 5 aromatic rings. The lowest BCUT2D eigenvalue weighted by atomic mass is 9.94. The van der Waals surface area contributed by atoms with Gasteiger partial charge in [-0.3, -0.25) is 14.7 Å². The molecule has 1 atom stereocenters. The van der Waals surface area contributed by atoms with Crippen LogP contribution in [0.5, 0.6) is 0 Å². The quantitative estimate of drug-likeness (QED) is 0.270. The van der Waals surface area contributed by atoms with Crippen LogP contribution < -0.4 is 5.56 Å². The first-order chi connectivity index (χ1) is 19.6. The molecule has 0 amide bonds. The summed E-state index contributed by atoms with van der Waals surface area (Å²) in [4.78, 5) is 23.7. The molecule has 0 saturated heterocycles. The Bertz CT molecular complexity index is 1600. The zero-order valence-electron chi connectivity index (χ0n) is 23.1. The molecule has 8 nitrogen and oxygen atoms in total. The van der Waals surface area contributed by atoms with E-state index in [0.29, 0.717) is 24.5 Å². The highest BCUT2D eigenvalue weighted by Crippen LogP contribution is 2.34. The van der Waals surface area contributed by atoms with Gasteiger partial charge in [0.25, 0.3) is 5.56 Å². The molecule has 6 rings (SSSR count). The predicted molar refractivity (Wildman–Crippen MR) is 156 cm³/mol. The van der Waals surface area contributed by atoms with Gasteiger partial charge in [0.05, 0.1) is 6.04 Å². The number of pyridine rings is 2. The zero-order valence-corrected chi connectivity index (χ0v) is 23.1. The van der Waals surface area contributed by atoms with Crippen molar-refractivity contribution in [2.75, 3.05) is 0 Å². The molecule has 40 heavy (non-hydrogen) atoms. The molecule has 3 aromatic heterocycles. The highest BCUT2D eigenvalue weighted by atomic mass is 16.1. The zero-order chi connectivity index (χ0) is 27.5. The number of tetrazole rings is 1. The van der Waals surface area contributed by atoms with Gasteiger partial charge in [0, 0.05) is 36.6 Å². The van der Waals surface area contributed by atoms with Gasteiger partial charge in [0.15, 0.2) is 5.82 Å². The monoisotopic (exact) mass is 533 g/mol. The molecular formula is C32H35N7O. The molecule has 0 bridgehead atoms. The highest BCUT2D eigenvalue weighted by Gasteiger charge is 2.33. The van der Waals surface area contributed by atoms with E-state index in [1.807, 2.05) is 47.3 Å². The number of aromatic amines is 1. The summed E-state index contributed by atoms with van der Waals surface area (Å²) in [6.45, 7) is 5.36. The summed E-state index contributed by atoms with van der Waals surface area (Å²) >= 11 is 0. The van der Waals surface area contributed by atoms with Gasteiger partial charge in [-0.2, -0.15) is 0 Å². The van der Waals surface area contributed by atoms with E-state index in [4.69, 9.17) is 0 Å². The van der Waals surface area contributed by atoms with Crippen molar-refractivity contribution in [3.8, 4) is 0 Å². The van der Waals surface area contributed by atoms with Crippen molar-refractivity contribution in [2.45, 2.75) is 71.1 Å². The summed E-state index contributed by atoms with van der Waals surface area (Å²) in [6, 6.07) is 20.4. The van der Waals surface area contributed by atoms with E-state index < -0.39 is 6.04 Å². The molecular weight excluding hydrogens is 498 g/mol. The molecule has 0 spiro atoms. The summed E-state index contributed by atoms with van der Waals surface area (Å²) in [5.74, 6) is 0.709. The Balaban J connectivity index is 1.54. The molecule has 1 aliphatic carbocycles. The molecule has 8 heteroatoms. The third-order valence-corrected chi connectivity index (χ3v) is 8.17. The van der Waals surface area contributed by atoms with Crippen LogP contribution in [0.1, 0.15) is 77.8 Å². The lowest BCUT2D eigenvalue weighted by Crippen LogP contribution is -2.35. The maximum Gasteiger partial charge on any atom is 0.253 e. The van der Waals surface area contributed by atoms with E-state index in [0.717, 1.165) is 53.3 Å². The summed E-state index contributed by atoms with van der Waals surface area (Å²) in [7, 11) is 0. The van der Waals surface area contributed by atoms with Gasteiger partial charge in [-0.05, 0) is 89.0 Å². The SMILES string of the molecule is Cc1cc2cc([C@H](c3nnnn3C3CCCCC3)N(Cc3ccccc3)Cc3cccnc3)c(=O)[nH]c2cc1C. The molecule has 1 N–H and O–H groups in total. The van der Waals surface area contributed by atoms with E-state index in [9.17, 15) is 4.79 Å². The predicted octanol–water partition coefficient (Wildman–Crippen LogP) is 5.82. The van der Waals surface area contributed by atoms with Gasteiger partial charge < -0.3 is 4.98 Å². The van der Waals surface area contributed by atoms with Gasteiger partial charge in [-0.25, -0.2) is 4.68 Å². The Labute approximate surface area is 234 Å². The van der Waals surface area contributed by atoms with Crippen LogP contribution in [0.3, 0.4) is 0 Å². The number of hydrogen-bond donors (Lipinski definition) is 1. The minimum absolute atomic E-state index is 0.122. The maximum absolute atomic E-state index is 13.9. The number of fused-ring (bicyclic) bond motifs is 1. The van der Waals surface area contributed by atoms with Gasteiger partial charge in [-0.15, -0.1) is 5.10 Å². The summed E-state index contributed by atoms with van der Waals surface area (Å²) in [5, 5.41) is 14.3. The van der Waals surface area contributed by atoms with Gasteiger partial charge in [0.1, 0.15) is 6.04 Å². The molecule has 1 aliphatic rings. The Morgan fingerprint density at radius 2 is 1.70 bits per heavy atom. The lowest BCUT2D eigenvalue weighted by molar-refractivity contribution is 0.186. The summed E-state index contributed by atoms with van der Waals surface area (Å²) < 4.78 is 2.00. The van der Waals surface area contributed by atoms with Crippen molar-refractivity contribution in [3.63, 3.8) is 0 Å². The number of H-pyrrole nitrogens is 1. The Morgan fingerprint density at radius 1 is 0.950 bits per heavy atom. The van der Waals surface area contributed by atoms with Crippen LogP contribution in [0.25, 0.3) is 10.9 Å². The molecule has 0 radical (unpaired) electrons. The fourth-order valence-corrected chi connectivity index (χ4v) is 5.94. The van der Waals surface area contributed by atoms with Gasteiger partial charge in [-0.1, -0.05) is 55.7 Å². The van der Waals surface area contributed by atoms with Crippen molar-refractivity contribution >= 4 is 10.9 Å². The number of nitrogens with zero attached hydrogens (tertiary/aromatic N) is 6. The molecule has 3 heterocycles. The number of aryl methyl sites for hydroxylation is 2. The maximum atomic E-state index is 13.9. The first-order valence-corrected chi connectivity index (χ1v) is 14.2. The van der Waals surface area contributed by atoms with E-state index in [1.165, 1.54) is 12.0 Å². The van der Waals surface area contributed by atoms with Crippen LogP contribution in [0.2, 0.25) is 0 Å². The Kier molecular flexibility index (Phi) is 7.51. The number of benzene rings is 2. The largest absolute Gasteiger partial charge is 0.322 e. The second-order valence-electron chi connectivity index (χ2n) is 11.0.